The van der Waals surface area contributed by atoms with Crippen LogP contribution in [0.25, 0.3) is 0 Å². The second-order valence-electron chi connectivity index (χ2n) is 10.9. The molecule has 0 spiro atoms. The number of hydrazone groups is 1. The van der Waals surface area contributed by atoms with E-state index in [-0.39, 0.29) is 37.8 Å². The summed E-state index contributed by atoms with van der Waals surface area (Å²) >= 11 is 0. The molecule has 3 amide bonds. The van der Waals surface area contributed by atoms with E-state index in [1.807, 2.05) is 30.3 Å². The Kier molecular flexibility index (Phi) is 7.69. The molecule has 2 atom stereocenters. The van der Waals surface area contributed by atoms with Crippen molar-refractivity contribution >= 4 is 23.4 Å². The Balaban J connectivity index is 1.63. The SMILES string of the molecule is CN1N=C2CCN(C(=O)[C@H](CCc3cc(CO)ccc3F)C(C)(C)C(N)=O)C[C@@]2(Cc2ccccc2)C1=O. The van der Waals surface area contributed by atoms with Crippen LogP contribution in [0, 0.1) is 22.6 Å². The van der Waals surface area contributed by atoms with Crippen molar-refractivity contribution in [2.45, 2.75) is 46.1 Å². The number of hydrogen-bond acceptors (Lipinski definition) is 5. The number of carbonyl (C=O) groups is 3. The number of likely N-dealkylation sites (tertiary alicyclic amines) is 1. The minimum absolute atomic E-state index is 0.141. The second-order valence-corrected chi connectivity index (χ2v) is 10.9. The summed E-state index contributed by atoms with van der Waals surface area (Å²) < 4.78 is 14.5. The third-order valence-electron chi connectivity index (χ3n) is 8.07. The summed E-state index contributed by atoms with van der Waals surface area (Å²) in [7, 11) is 1.63. The van der Waals surface area contributed by atoms with E-state index >= 15 is 0 Å². The molecule has 2 aliphatic rings. The van der Waals surface area contributed by atoms with E-state index in [0.29, 0.717) is 30.5 Å². The van der Waals surface area contributed by atoms with E-state index in [1.165, 1.54) is 17.1 Å². The number of aryl methyl sites for hydroxylation is 1. The molecule has 1 fully saturated rings. The summed E-state index contributed by atoms with van der Waals surface area (Å²) in [4.78, 5) is 41.6. The topological polar surface area (TPSA) is 116 Å². The van der Waals surface area contributed by atoms with Crippen molar-refractivity contribution in [3.63, 3.8) is 0 Å². The highest BCUT2D eigenvalue weighted by atomic mass is 19.1. The van der Waals surface area contributed by atoms with Gasteiger partial charge >= 0.3 is 0 Å². The summed E-state index contributed by atoms with van der Waals surface area (Å²) in [6, 6.07) is 14.0. The molecule has 2 aromatic carbocycles. The Morgan fingerprint density at radius 3 is 2.55 bits per heavy atom. The van der Waals surface area contributed by atoms with Gasteiger partial charge in [-0.2, -0.15) is 5.10 Å². The summed E-state index contributed by atoms with van der Waals surface area (Å²) in [5, 5.41) is 15.3. The lowest BCUT2D eigenvalue weighted by Gasteiger charge is -2.42. The number of rotatable bonds is 9. The first-order valence-electron chi connectivity index (χ1n) is 12.9. The van der Waals surface area contributed by atoms with Crippen LogP contribution in [0.2, 0.25) is 0 Å². The van der Waals surface area contributed by atoms with Crippen LogP contribution in [-0.2, 0) is 33.8 Å². The molecule has 0 radical (unpaired) electrons. The highest BCUT2D eigenvalue weighted by molar-refractivity contribution is 6.13. The van der Waals surface area contributed by atoms with Gasteiger partial charge in [0, 0.05) is 26.6 Å². The monoisotopic (exact) mass is 522 g/mol. The van der Waals surface area contributed by atoms with Gasteiger partial charge in [0.1, 0.15) is 11.2 Å². The summed E-state index contributed by atoms with van der Waals surface area (Å²) in [6.07, 6.45) is 1.20. The zero-order valence-electron chi connectivity index (χ0n) is 22.1. The lowest BCUT2D eigenvalue weighted by Crippen LogP contribution is -2.58. The number of halogens is 1. The van der Waals surface area contributed by atoms with Crippen LogP contribution in [-0.4, -0.2) is 58.6 Å². The van der Waals surface area contributed by atoms with Crippen LogP contribution in [0.5, 0.6) is 0 Å². The number of hydrogen-bond donors (Lipinski definition) is 2. The molecule has 0 aliphatic carbocycles. The highest BCUT2D eigenvalue weighted by Crippen LogP contribution is 2.40. The van der Waals surface area contributed by atoms with E-state index in [2.05, 4.69) is 5.10 Å². The molecule has 8 nitrogen and oxygen atoms in total. The predicted octanol–water partition coefficient (Wildman–Crippen LogP) is 2.67. The van der Waals surface area contributed by atoms with Gasteiger partial charge in [0.15, 0.2) is 0 Å². The zero-order valence-corrected chi connectivity index (χ0v) is 22.1. The Morgan fingerprint density at radius 1 is 1.18 bits per heavy atom. The van der Waals surface area contributed by atoms with Crippen LogP contribution in [0.4, 0.5) is 4.39 Å². The van der Waals surface area contributed by atoms with Gasteiger partial charge in [-0.05, 0) is 42.0 Å². The smallest absolute Gasteiger partial charge is 0.256 e. The molecule has 9 heteroatoms. The molecule has 2 aliphatic heterocycles. The fourth-order valence-corrected chi connectivity index (χ4v) is 5.62. The summed E-state index contributed by atoms with van der Waals surface area (Å²) in [6.45, 7) is 3.52. The average molecular weight is 523 g/mol. The predicted molar refractivity (Wildman–Crippen MR) is 141 cm³/mol. The van der Waals surface area contributed by atoms with Gasteiger partial charge in [0.05, 0.1) is 23.7 Å². The zero-order chi connectivity index (χ0) is 27.7. The van der Waals surface area contributed by atoms with Gasteiger partial charge in [0.2, 0.25) is 11.8 Å². The van der Waals surface area contributed by atoms with Crippen molar-refractivity contribution in [1.82, 2.24) is 9.91 Å². The third kappa shape index (κ3) is 5.07. The van der Waals surface area contributed by atoms with Crippen molar-refractivity contribution in [2.75, 3.05) is 20.1 Å². The van der Waals surface area contributed by atoms with Crippen LogP contribution in [0.1, 0.15) is 43.4 Å². The van der Waals surface area contributed by atoms with Crippen molar-refractivity contribution in [1.29, 1.82) is 0 Å². The number of fused-ring (bicyclic) bond motifs is 1. The van der Waals surface area contributed by atoms with E-state index in [1.54, 1.807) is 31.9 Å². The lowest BCUT2D eigenvalue weighted by atomic mass is 9.71. The normalized spacial score (nSPS) is 20.2. The van der Waals surface area contributed by atoms with Crippen molar-refractivity contribution in [3.05, 3.63) is 71.0 Å². The molecule has 0 saturated carbocycles. The number of nitrogens with two attached hydrogens (primary N) is 1. The molecule has 38 heavy (non-hydrogen) atoms. The highest BCUT2D eigenvalue weighted by Gasteiger charge is 2.54. The standard InChI is InChI=1S/C29H35FN4O4/c1-28(2,26(31)37)22(11-10-21-15-20(17-35)9-12-23(21)30)25(36)34-14-13-24-29(18-34,27(38)33(3)32-24)16-19-7-5-4-6-8-19/h4-9,12,15,22,35H,10-11,13-14,16-18H2,1-3H3,(H2,31,37)/t22-,29+/m0/s1. The van der Waals surface area contributed by atoms with Crippen LogP contribution in [0.15, 0.2) is 53.6 Å². The minimum atomic E-state index is -1.21. The molecular weight excluding hydrogens is 487 g/mol. The molecule has 3 N–H and O–H groups in total. The van der Waals surface area contributed by atoms with Gasteiger partial charge in [-0.15, -0.1) is 0 Å². The first-order chi connectivity index (χ1) is 18.0. The maximum Gasteiger partial charge on any atom is 0.256 e. The largest absolute Gasteiger partial charge is 0.392 e. The van der Waals surface area contributed by atoms with Crippen molar-refractivity contribution < 1.29 is 23.9 Å². The Morgan fingerprint density at radius 2 is 1.89 bits per heavy atom. The fourth-order valence-electron chi connectivity index (χ4n) is 5.62. The molecule has 2 aromatic rings. The van der Waals surface area contributed by atoms with E-state index in [0.717, 1.165) is 11.3 Å². The summed E-state index contributed by atoms with van der Waals surface area (Å²) in [5.74, 6) is -2.36. The number of nitrogens with zero attached hydrogens (tertiary/aromatic N) is 3. The molecule has 202 valence electrons. The lowest BCUT2D eigenvalue weighted by molar-refractivity contribution is -0.148. The Labute approximate surface area is 222 Å². The van der Waals surface area contributed by atoms with Crippen LogP contribution < -0.4 is 5.73 Å². The molecule has 0 unspecified atom stereocenters. The van der Waals surface area contributed by atoms with E-state index in [4.69, 9.17) is 5.73 Å². The maximum atomic E-state index is 14.5. The number of carbonyl (C=O) groups excluding carboxylic acids is 3. The molecule has 1 saturated heterocycles. The average Bonchev–Trinajstić information content (AvgIpc) is 3.14. The second kappa shape index (κ2) is 10.6. The van der Waals surface area contributed by atoms with E-state index in [9.17, 15) is 23.9 Å². The molecular formula is C29H35FN4O4. The van der Waals surface area contributed by atoms with Gasteiger partial charge in [-0.25, -0.2) is 9.40 Å². The molecule has 0 aromatic heterocycles. The van der Waals surface area contributed by atoms with Crippen molar-refractivity contribution in [2.24, 2.45) is 27.6 Å². The van der Waals surface area contributed by atoms with Crippen molar-refractivity contribution in [3.8, 4) is 0 Å². The van der Waals surface area contributed by atoms with Gasteiger partial charge in [0.25, 0.3) is 5.91 Å². The van der Waals surface area contributed by atoms with Gasteiger partial charge < -0.3 is 15.7 Å². The molecule has 2 heterocycles. The first kappa shape index (κ1) is 27.4. The number of aliphatic hydroxyl groups excluding tert-OH is 1. The van der Waals surface area contributed by atoms with Crippen LogP contribution >= 0.6 is 0 Å². The first-order valence-corrected chi connectivity index (χ1v) is 12.9. The summed E-state index contributed by atoms with van der Waals surface area (Å²) in [5.41, 5.74) is 6.19. The van der Waals surface area contributed by atoms with E-state index < -0.39 is 28.5 Å². The maximum absolute atomic E-state index is 14.5. The number of benzene rings is 2. The number of aliphatic hydroxyl groups is 1. The number of piperidine rings is 1. The van der Waals surface area contributed by atoms with Gasteiger partial charge in [-0.3, -0.25) is 14.4 Å². The third-order valence-corrected chi connectivity index (χ3v) is 8.07. The van der Waals surface area contributed by atoms with Crippen LogP contribution in [0.3, 0.4) is 0 Å². The number of amides is 3. The van der Waals surface area contributed by atoms with Gasteiger partial charge in [-0.1, -0.05) is 56.3 Å². The number of primary amides is 1. The molecule has 0 bridgehead atoms. The Bertz CT molecular complexity index is 1260. The quantitative estimate of drug-likeness (QED) is 0.527. The Hall–Kier alpha value is -3.59. The fraction of sp³-hybridized carbons (Fsp3) is 0.448. The minimum Gasteiger partial charge on any atom is -0.392 e. The molecule has 4 rings (SSSR count).